The average molecular weight is 185 g/mol. The van der Waals surface area contributed by atoms with Gasteiger partial charge >= 0.3 is 0 Å². The monoisotopic (exact) mass is 184 g/mol. The minimum atomic E-state index is 0. The van der Waals surface area contributed by atoms with E-state index in [1.807, 2.05) is 19.2 Å². The number of nitrogens with zero attached hydrogens (tertiary/aromatic N) is 3. The number of aromatic nitrogens is 3. The van der Waals surface area contributed by atoms with E-state index in [-0.39, 0.29) is 12.4 Å². The van der Waals surface area contributed by atoms with Crippen LogP contribution in [0.25, 0.3) is 5.65 Å². The second-order valence-electron chi connectivity index (χ2n) is 2.39. The molecule has 0 spiro atoms. The fourth-order valence-corrected chi connectivity index (χ4v) is 1.01. The number of hydrogen-bond acceptors (Lipinski definition) is 3. The van der Waals surface area contributed by atoms with Crippen molar-refractivity contribution in [1.82, 2.24) is 14.6 Å². The minimum absolute atomic E-state index is 0. The van der Waals surface area contributed by atoms with Crippen LogP contribution in [0.3, 0.4) is 0 Å². The van der Waals surface area contributed by atoms with Gasteiger partial charge in [0, 0.05) is 12.4 Å². The molecule has 2 aromatic rings. The average Bonchev–Trinajstić information content (AvgIpc) is 2.30. The molecular weight excluding hydrogens is 176 g/mol. The van der Waals surface area contributed by atoms with Crippen LogP contribution < -0.4 is 5.73 Å². The number of anilines is 1. The summed E-state index contributed by atoms with van der Waals surface area (Å²) >= 11 is 0. The van der Waals surface area contributed by atoms with Gasteiger partial charge in [0.25, 0.3) is 0 Å². The summed E-state index contributed by atoms with van der Waals surface area (Å²) in [6.07, 6.45) is 3.53. The van der Waals surface area contributed by atoms with Crippen LogP contribution in [0.1, 0.15) is 5.69 Å². The first-order valence-electron chi connectivity index (χ1n) is 3.34. The zero-order valence-electron chi connectivity index (χ0n) is 6.56. The number of nitrogen functional groups attached to an aromatic ring is 1. The maximum absolute atomic E-state index is 5.69. The Morgan fingerprint density at radius 2 is 2.25 bits per heavy atom. The Balaban J connectivity index is 0.000000720. The summed E-state index contributed by atoms with van der Waals surface area (Å²) in [5.74, 6) is 0. The first-order chi connectivity index (χ1) is 5.29. The van der Waals surface area contributed by atoms with Gasteiger partial charge in [-0.05, 0) is 13.0 Å². The number of halogens is 1. The Labute approximate surface area is 75.8 Å². The van der Waals surface area contributed by atoms with Gasteiger partial charge in [0.05, 0.1) is 5.69 Å². The second-order valence-corrected chi connectivity index (χ2v) is 2.39. The topological polar surface area (TPSA) is 56.2 Å². The molecule has 0 radical (unpaired) electrons. The molecule has 0 amide bonds. The number of nitrogens with two attached hydrogens (primary N) is 1. The molecule has 0 saturated carbocycles. The van der Waals surface area contributed by atoms with Crippen LogP contribution >= 0.6 is 12.4 Å². The highest BCUT2D eigenvalue weighted by Gasteiger charge is 2.03. The molecule has 64 valence electrons. The lowest BCUT2D eigenvalue weighted by atomic mass is 10.4. The molecule has 0 fully saturated rings. The molecule has 5 heteroatoms. The van der Waals surface area contributed by atoms with Gasteiger partial charge in [-0.25, -0.2) is 9.50 Å². The summed E-state index contributed by atoms with van der Waals surface area (Å²) in [5.41, 5.74) is 7.90. The Hall–Kier alpha value is -1.29. The van der Waals surface area contributed by atoms with Crippen molar-refractivity contribution in [3.05, 3.63) is 24.2 Å². The van der Waals surface area contributed by atoms with Crippen LogP contribution in [-0.4, -0.2) is 14.6 Å². The normalized spacial score (nSPS) is 9.75. The van der Waals surface area contributed by atoms with Gasteiger partial charge in [-0.2, -0.15) is 5.10 Å². The number of fused-ring (bicyclic) bond motifs is 1. The van der Waals surface area contributed by atoms with E-state index in [4.69, 9.17) is 5.73 Å². The van der Waals surface area contributed by atoms with Gasteiger partial charge < -0.3 is 5.73 Å². The third kappa shape index (κ3) is 1.10. The summed E-state index contributed by atoms with van der Waals surface area (Å²) in [6, 6.07) is 1.82. The molecule has 2 aromatic heterocycles. The molecule has 0 aromatic carbocycles. The summed E-state index contributed by atoms with van der Waals surface area (Å²) in [5, 5.41) is 4.14. The summed E-state index contributed by atoms with van der Waals surface area (Å²) in [6.45, 7) is 1.87. The van der Waals surface area contributed by atoms with Crippen molar-refractivity contribution < 1.29 is 0 Å². The maximum atomic E-state index is 5.69. The van der Waals surface area contributed by atoms with Crippen LogP contribution in [-0.2, 0) is 0 Å². The van der Waals surface area contributed by atoms with Gasteiger partial charge in [-0.1, -0.05) is 0 Å². The third-order valence-corrected chi connectivity index (χ3v) is 1.62. The molecular formula is C7H9ClN4. The lowest BCUT2D eigenvalue weighted by Gasteiger charge is -1.88. The van der Waals surface area contributed by atoms with E-state index in [1.165, 1.54) is 0 Å². The number of rotatable bonds is 0. The zero-order chi connectivity index (χ0) is 7.84. The molecule has 2 heterocycles. The van der Waals surface area contributed by atoms with Crippen molar-refractivity contribution in [3.8, 4) is 0 Å². The van der Waals surface area contributed by atoms with Gasteiger partial charge in [0.15, 0.2) is 5.65 Å². The van der Waals surface area contributed by atoms with Crippen LogP contribution in [0, 0.1) is 6.92 Å². The van der Waals surface area contributed by atoms with Gasteiger partial charge in [0.1, 0.15) is 5.69 Å². The first-order valence-corrected chi connectivity index (χ1v) is 3.34. The molecule has 0 aliphatic rings. The van der Waals surface area contributed by atoms with Crippen LogP contribution in [0.15, 0.2) is 18.5 Å². The third-order valence-electron chi connectivity index (χ3n) is 1.62. The largest absolute Gasteiger partial charge is 0.394 e. The first kappa shape index (κ1) is 8.80. The van der Waals surface area contributed by atoms with Crippen molar-refractivity contribution >= 4 is 23.7 Å². The summed E-state index contributed by atoms with van der Waals surface area (Å²) in [7, 11) is 0. The van der Waals surface area contributed by atoms with Crippen LogP contribution in [0.4, 0.5) is 5.69 Å². The van der Waals surface area contributed by atoms with E-state index in [2.05, 4.69) is 10.1 Å². The SMILES string of the molecule is Cc1nn2cccnc2c1N.Cl. The van der Waals surface area contributed by atoms with Gasteiger partial charge in [-0.3, -0.25) is 0 Å². The van der Waals surface area contributed by atoms with Crippen molar-refractivity contribution in [2.45, 2.75) is 6.92 Å². The highest BCUT2D eigenvalue weighted by Crippen LogP contribution is 2.13. The standard InChI is InChI=1S/C7H8N4.ClH/c1-5-6(8)7-9-3-2-4-11(7)10-5;/h2-4H,8H2,1H3;1H. The van der Waals surface area contributed by atoms with E-state index in [1.54, 1.807) is 10.7 Å². The molecule has 0 aliphatic heterocycles. The number of aryl methyl sites for hydroxylation is 1. The number of hydrogen-bond donors (Lipinski definition) is 1. The van der Waals surface area contributed by atoms with Crippen LogP contribution in [0.5, 0.6) is 0 Å². The maximum Gasteiger partial charge on any atom is 0.178 e. The molecule has 0 aliphatic carbocycles. The lowest BCUT2D eigenvalue weighted by molar-refractivity contribution is 0.917. The minimum Gasteiger partial charge on any atom is -0.394 e. The fourth-order valence-electron chi connectivity index (χ4n) is 1.01. The molecule has 0 atom stereocenters. The Morgan fingerprint density at radius 1 is 1.50 bits per heavy atom. The van der Waals surface area contributed by atoms with E-state index in [0.29, 0.717) is 5.69 Å². The Kier molecular flexibility index (Phi) is 2.19. The van der Waals surface area contributed by atoms with Gasteiger partial charge in [-0.15, -0.1) is 12.4 Å². The fraction of sp³-hybridized carbons (Fsp3) is 0.143. The quantitative estimate of drug-likeness (QED) is 0.666. The Morgan fingerprint density at radius 3 is 2.92 bits per heavy atom. The van der Waals surface area contributed by atoms with Crippen molar-refractivity contribution in [3.63, 3.8) is 0 Å². The predicted molar refractivity (Wildman–Crippen MR) is 49.4 cm³/mol. The molecule has 2 rings (SSSR count). The van der Waals surface area contributed by atoms with Crippen LogP contribution in [0.2, 0.25) is 0 Å². The Bertz CT molecular complexity index is 395. The molecule has 12 heavy (non-hydrogen) atoms. The molecule has 4 nitrogen and oxygen atoms in total. The molecule has 0 bridgehead atoms. The van der Waals surface area contributed by atoms with Crippen molar-refractivity contribution in [2.24, 2.45) is 0 Å². The second kappa shape index (κ2) is 2.98. The van der Waals surface area contributed by atoms with E-state index >= 15 is 0 Å². The highest BCUT2D eigenvalue weighted by atomic mass is 35.5. The summed E-state index contributed by atoms with van der Waals surface area (Å²) < 4.78 is 1.67. The molecule has 2 N–H and O–H groups in total. The lowest BCUT2D eigenvalue weighted by Crippen LogP contribution is -1.89. The molecule has 0 saturated heterocycles. The highest BCUT2D eigenvalue weighted by molar-refractivity contribution is 5.85. The van der Waals surface area contributed by atoms with Gasteiger partial charge in [0.2, 0.25) is 0 Å². The summed E-state index contributed by atoms with van der Waals surface area (Å²) in [4.78, 5) is 4.08. The van der Waals surface area contributed by atoms with Crippen molar-refractivity contribution in [1.29, 1.82) is 0 Å². The van der Waals surface area contributed by atoms with Crippen molar-refractivity contribution in [2.75, 3.05) is 5.73 Å². The van der Waals surface area contributed by atoms with E-state index in [0.717, 1.165) is 11.3 Å². The molecule has 0 unspecified atom stereocenters. The smallest absolute Gasteiger partial charge is 0.178 e. The van der Waals surface area contributed by atoms with E-state index < -0.39 is 0 Å². The van der Waals surface area contributed by atoms with E-state index in [9.17, 15) is 0 Å². The zero-order valence-corrected chi connectivity index (χ0v) is 7.38. The predicted octanol–water partition coefficient (Wildman–Crippen LogP) is 1.04.